The van der Waals surface area contributed by atoms with Crippen LogP contribution in [0.2, 0.25) is 0 Å². The number of carbonyl (C=O) groups excluding carboxylic acids is 3. The Kier molecular flexibility index (Phi) is 7.33. The van der Waals surface area contributed by atoms with Gasteiger partial charge in [0, 0.05) is 17.3 Å². The predicted octanol–water partition coefficient (Wildman–Crippen LogP) is 1.07. The van der Waals surface area contributed by atoms with Crippen molar-refractivity contribution in [1.82, 2.24) is 10.6 Å². The lowest BCUT2D eigenvalue weighted by Crippen LogP contribution is -2.53. The van der Waals surface area contributed by atoms with Crippen LogP contribution in [0.1, 0.15) is 17.3 Å². The Hall–Kier alpha value is -1.39. The molecule has 2 atom stereocenters. The van der Waals surface area contributed by atoms with Gasteiger partial charge in [-0.25, -0.2) is 8.42 Å². The molecule has 1 aliphatic rings. The largest absolute Gasteiger partial charge is 0.347 e. The minimum absolute atomic E-state index is 0.0927. The van der Waals surface area contributed by atoms with Crippen molar-refractivity contribution in [1.29, 1.82) is 0 Å². The number of nitrogens with one attached hydrogen (secondary N) is 3. The smallest absolute Gasteiger partial charge is 0.272 e. The number of rotatable bonds is 6. The summed E-state index contributed by atoms with van der Waals surface area (Å²) in [4.78, 5) is 35.1. The molecule has 0 aromatic heterocycles. The predicted molar refractivity (Wildman–Crippen MR) is 108 cm³/mol. The third-order valence-electron chi connectivity index (χ3n) is 4.03. The van der Waals surface area contributed by atoms with Gasteiger partial charge in [0.15, 0.2) is 15.6 Å². The molecule has 154 valence electrons. The molecule has 1 heterocycles. The number of amides is 2. The van der Waals surface area contributed by atoms with Gasteiger partial charge in [-0.05, 0) is 31.2 Å². The number of ketones is 1. The molecule has 28 heavy (non-hydrogen) atoms. The summed E-state index contributed by atoms with van der Waals surface area (Å²) in [5.41, 5.74) is 0.997. The van der Waals surface area contributed by atoms with Crippen LogP contribution >= 0.6 is 34.8 Å². The Labute approximate surface area is 177 Å². The number of hydrogen-bond acceptors (Lipinski definition) is 6. The summed E-state index contributed by atoms with van der Waals surface area (Å²) in [6, 6.07) is 4.77. The van der Waals surface area contributed by atoms with Crippen LogP contribution in [-0.2, 0) is 19.4 Å². The number of carbonyl (C=O) groups is 3. The topological polar surface area (TPSA) is 121 Å². The molecule has 0 bridgehead atoms. The second-order valence-electron chi connectivity index (χ2n) is 6.32. The monoisotopic (exact) mass is 469 g/mol. The molecule has 0 saturated carbocycles. The highest BCUT2D eigenvalue weighted by Crippen LogP contribution is 2.26. The van der Waals surface area contributed by atoms with Crippen molar-refractivity contribution < 1.29 is 22.8 Å². The van der Waals surface area contributed by atoms with E-state index in [0.717, 1.165) is 0 Å². The van der Waals surface area contributed by atoms with Crippen LogP contribution in [0.3, 0.4) is 0 Å². The van der Waals surface area contributed by atoms with Crippen LogP contribution in [0, 0.1) is 0 Å². The van der Waals surface area contributed by atoms with Crippen molar-refractivity contribution in [2.45, 2.75) is 22.8 Å². The number of Topliss-reactive ketones (excluding diaryl/α,β-unsaturated/α-hetero) is 1. The first-order valence-corrected chi connectivity index (χ1v) is 11.1. The minimum atomic E-state index is -3.43. The van der Waals surface area contributed by atoms with Crippen molar-refractivity contribution >= 4 is 67.9 Å². The van der Waals surface area contributed by atoms with E-state index in [-0.39, 0.29) is 23.8 Å². The number of anilines is 1. The minimum Gasteiger partial charge on any atom is -0.347 e. The SMILES string of the molecule is CC(=O)c1ccc(NC(=O)CNC2CS(=O)(=O)CC2NC(=O)C(Cl)(Cl)Cl)cc1. The molecule has 0 radical (unpaired) electrons. The van der Waals surface area contributed by atoms with Gasteiger partial charge in [0.25, 0.3) is 9.70 Å². The summed E-state index contributed by atoms with van der Waals surface area (Å²) in [6.45, 7) is 1.24. The molecule has 2 rings (SSSR count). The van der Waals surface area contributed by atoms with Crippen molar-refractivity contribution in [3.8, 4) is 0 Å². The summed E-state index contributed by atoms with van der Waals surface area (Å²) in [6.07, 6.45) is 0. The normalized spacial score (nSPS) is 21.1. The lowest BCUT2D eigenvalue weighted by molar-refractivity contribution is -0.120. The molecular formula is C16H18Cl3N3O5S. The molecule has 0 aliphatic carbocycles. The highest BCUT2D eigenvalue weighted by Gasteiger charge is 2.41. The van der Waals surface area contributed by atoms with Crippen molar-refractivity contribution in [2.24, 2.45) is 0 Å². The molecule has 1 saturated heterocycles. The summed E-state index contributed by atoms with van der Waals surface area (Å²) in [7, 11) is -3.43. The maximum atomic E-state index is 12.1. The van der Waals surface area contributed by atoms with Gasteiger partial charge in [0.05, 0.1) is 24.1 Å². The van der Waals surface area contributed by atoms with Gasteiger partial charge in [0.1, 0.15) is 0 Å². The first kappa shape index (κ1) is 22.9. The summed E-state index contributed by atoms with van der Waals surface area (Å²) >= 11 is 16.5. The molecule has 3 N–H and O–H groups in total. The van der Waals surface area contributed by atoms with Crippen molar-refractivity contribution in [3.63, 3.8) is 0 Å². The van der Waals surface area contributed by atoms with E-state index in [1.807, 2.05) is 0 Å². The van der Waals surface area contributed by atoms with Crippen LogP contribution in [0.4, 0.5) is 5.69 Å². The van der Waals surface area contributed by atoms with E-state index in [0.29, 0.717) is 11.3 Å². The molecule has 8 nitrogen and oxygen atoms in total. The van der Waals surface area contributed by atoms with Crippen LogP contribution < -0.4 is 16.0 Å². The fourth-order valence-electron chi connectivity index (χ4n) is 2.66. The summed E-state index contributed by atoms with van der Waals surface area (Å²) in [5, 5.41) is 7.80. The molecule has 1 aromatic rings. The Morgan fingerprint density at radius 1 is 1.07 bits per heavy atom. The van der Waals surface area contributed by atoms with E-state index < -0.39 is 37.5 Å². The third kappa shape index (κ3) is 6.59. The Balaban J connectivity index is 1.94. The van der Waals surface area contributed by atoms with Gasteiger partial charge >= 0.3 is 0 Å². The quantitative estimate of drug-likeness (QED) is 0.422. The van der Waals surface area contributed by atoms with E-state index in [4.69, 9.17) is 34.8 Å². The average Bonchev–Trinajstić information content (AvgIpc) is 2.86. The number of alkyl halides is 3. The highest BCUT2D eigenvalue weighted by atomic mass is 35.6. The van der Waals surface area contributed by atoms with Crippen LogP contribution in [0.5, 0.6) is 0 Å². The summed E-state index contributed by atoms with van der Waals surface area (Å²) < 4.78 is 21.6. The zero-order chi connectivity index (χ0) is 21.1. The standard InChI is InChI=1S/C16H18Cl3N3O5S/c1-9(23)10-2-4-11(5-3-10)21-14(24)6-20-12-7-28(26,27)8-13(12)22-15(25)16(17,18)19/h2-5,12-13,20H,6-8H2,1H3,(H,21,24)(H,22,25). The van der Waals surface area contributed by atoms with E-state index >= 15 is 0 Å². The van der Waals surface area contributed by atoms with Crippen LogP contribution in [0.25, 0.3) is 0 Å². The number of benzene rings is 1. The zero-order valence-electron chi connectivity index (χ0n) is 14.7. The van der Waals surface area contributed by atoms with E-state index in [1.165, 1.54) is 6.92 Å². The number of halogens is 3. The summed E-state index contributed by atoms with van der Waals surface area (Å²) in [5.74, 6) is -2.05. The van der Waals surface area contributed by atoms with Gasteiger partial charge in [-0.1, -0.05) is 34.8 Å². The van der Waals surface area contributed by atoms with Crippen LogP contribution in [0.15, 0.2) is 24.3 Å². The number of hydrogen-bond donors (Lipinski definition) is 3. The molecular weight excluding hydrogens is 453 g/mol. The molecule has 12 heteroatoms. The molecule has 1 aliphatic heterocycles. The third-order valence-corrected chi connectivity index (χ3v) is 6.28. The van der Waals surface area contributed by atoms with Crippen molar-refractivity contribution in [3.05, 3.63) is 29.8 Å². The lowest BCUT2D eigenvalue weighted by atomic mass is 10.1. The van der Waals surface area contributed by atoms with E-state index in [9.17, 15) is 22.8 Å². The van der Waals surface area contributed by atoms with E-state index in [2.05, 4.69) is 16.0 Å². The highest BCUT2D eigenvalue weighted by molar-refractivity contribution is 7.91. The Morgan fingerprint density at radius 2 is 1.64 bits per heavy atom. The molecule has 1 fully saturated rings. The van der Waals surface area contributed by atoms with Crippen molar-refractivity contribution in [2.75, 3.05) is 23.4 Å². The number of sulfone groups is 1. The lowest BCUT2D eigenvalue weighted by Gasteiger charge is -2.22. The maximum absolute atomic E-state index is 12.1. The van der Waals surface area contributed by atoms with Crippen LogP contribution in [-0.4, -0.2) is 59.9 Å². The average molecular weight is 471 g/mol. The fourth-order valence-corrected chi connectivity index (χ4v) is 4.72. The Bertz CT molecular complexity index is 869. The van der Waals surface area contributed by atoms with Gasteiger partial charge < -0.3 is 16.0 Å². The van der Waals surface area contributed by atoms with E-state index in [1.54, 1.807) is 24.3 Å². The fraction of sp³-hybridized carbons (Fsp3) is 0.438. The second-order valence-corrected chi connectivity index (χ2v) is 10.8. The molecule has 2 amide bonds. The zero-order valence-corrected chi connectivity index (χ0v) is 17.8. The van der Waals surface area contributed by atoms with Gasteiger partial charge in [-0.15, -0.1) is 0 Å². The van der Waals surface area contributed by atoms with Gasteiger partial charge in [-0.3, -0.25) is 14.4 Å². The van der Waals surface area contributed by atoms with Gasteiger partial charge in [-0.2, -0.15) is 0 Å². The van der Waals surface area contributed by atoms with Gasteiger partial charge in [0.2, 0.25) is 5.91 Å². The first-order chi connectivity index (χ1) is 12.9. The second kappa shape index (κ2) is 8.96. The molecule has 1 aromatic carbocycles. The Morgan fingerprint density at radius 3 is 2.18 bits per heavy atom. The maximum Gasteiger partial charge on any atom is 0.272 e. The molecule has 2 unspecified atom stereocenters. The molecule has 0 spiro atoms. The first-order valence-electron chi connectivity index (χ1n) is 8.10.